The molecule has 8 heteroatoms. The molecule has 2 aromatic rings. The van der Waals surface area contributed by atoms with Gasteiger partial charge in [-0.15, -0.1) is 10.2 Å². The van der Waals surface area contributed by atoms with Crippen molar-refractivity contribution >= 4 is 5.82 Å². The molecule has 0 aromatic carbocycles. The Bertz CT molecular complexity index is 838. The predicted molar refractivity (Wildman–Crippen MR) is 107 cm³/mol. The minimum absolute atomic E-state index is 0.407. The number of hydrogen-bond donors (Lipinski definition) is 0. The fourth-order valence-electron chi connectivity index (χ4n) is 4.16. The third kappa shape index (κ3) is 3.86. The van der Waals surface area contributed by atoms with Crippen molar-refractivity contribution in [2.75, 3.05) is 51.2 Å². The van der Waals surface area contributed by atoms with E-state index in [0.29, 0.717) is 11.5 Å². The lowest BCUT2D eigenvalue weighted by atomic mass is 9.95. The molecule has 4 heterocycles. The highest BCUT2D eigenvalue weighted by molar-refractivity contribution is 5.53. The number of piperazine rings is 1. The Morgan fingerprint density at radius 1 is 1.07 bits per heavy atom. The van der Waals surface area contributed by atoms with Crippen molar-refractivity contribution < 1.29 is 0 Å². The number of piperidine rings is 1. The standard InChI is InChI=1S/C20H28N8/c1-25-10-12-27(13-11-25)15-18-23-24-20(26(18)2)16-5-8-28(9-6-16)19-17(14-21)4-3-7-22-19/h3-4,7,16H,5-6,8-13,15H2,1-2H3. The minimum Gasteiger partial charge on any atom is -0.355 e. The average molecular weight is 381 g/mol. The highest BCUT2D eigenvalue weighted by Crippen LogP contribution is 2.30. The van der Waals surface area contributed by atoms with Crippen LogP contribution in [0.15, 0.2) is 18.3 Å². The highest BCUT2D eigenvalue weighted by atomic mass is 15.3. The zero-order valence-electron chi connectivity index (χ0n) is 16.8. The Kier molecular flexibility index (Phi) is 5.55. The third-order valence-corrected chi connectivity index (χ3v) is 6.03. The molecular formula is C20H28N8. The number of pyridine rings is 1. The molecule has 28 heavy (non-hydrogen) atoms. The average Bonchev–Trinajstić information content (AvgIpc) is 3.10. The quantitative estimate of drug-likeness (QED) is 0.789. The second kappa shape index (κ2) is 8.25. The summed E-state index contributed by atoms with van der Waals surface area (Å²) in [4.78, 5) is 11.5. The van der Waals surface area contributed by atoms with E-state index < -0.39 is 0 Å². The lowest BCUT2D eigenvalue weighted by Crippen LogP contribution is -2.44. The predicted octanol–water partition coefficient (Wildman–Crippen LogP) is 1.21. The maximum atomic E-state index is 9.32. The lowest BCUT2D eigenvalue weighted by Gasteiger charge is -2.33. The highest BCUT2D eigenvalue weighted by Gasteiger charge is 2.27. The maximum absolute atomic E-state index is 9.32. The van der Waals surface area contributed by atoms with Gasteiger partial charge in [0.25, 0.3) is 0 Å². The van der Waals surface area contributed by atoms with E-state index in [4.69, 9.17) is 0 Å². The number of hydrogen-bond acceptors (Lipinski definition) is 7. The number of rotatable bonds is 4. The van der Waals surface area contributed by atoms with Crippen molar-refractivity contribution in [2.24, 2.45) is 7.05 Å². The minimum atomic E-state index is 0.407. The molecule has 0 spiro atoms. The molecule has 2 saturated heterocycles. The van der Waals surface area contributed by atoms with E-state index in [1.165, 1.54) is 0 Å². The van der Waals surface area contributed by atoms with E-state index >= 15 is 0 Å². The van der Waals surface area contributed by atoms with Crippen molar-refractivity contribution in [3.63, 3.8) is 0 Å². The zero-order chi connectivity index (χ0) is 19.5. The van der Waals surface area contributed by atoms with Gasteiger partial charge in [-0.1, -0.05) is 0 Å². The molecule has 4 rings (SSSR count). The molecule has 8 nitrogen and oxygen atoms in total. The summed E-state index contributed by atoms with van der Waals surface area (Å²) in [5, 5.41) is 18.4. The van der Waals surface area contributed by atoms with E-state index in [1.54, 1.807) is 6.20 Å². The fourth-order valence-corrected chi connectivity index (χ4v) is 4.16. The number of anilines is 1. The number of nitriles is 1. The molecule has 0 bridgehead atoms. The first-order valence-corrected chi connectivity index (χ1v) is 10.0. The normalized spacial score (nSPS) is 19.7. The summed E-state index contributed by atoms with van der Waals surface area (Å²) in [6.07, 6.45) is 3.76. The lowest BCUT2D eigenvalue weighted by molar-refractivity contribution is 0.144. The van der Waals surface area contributed by atoms with E-state index in [1.807, 2.05) is 12.1 Å². The zero-order valence-corrected chi connectivity index (χ0v) is 16.8. The molecule has 2 aliphatic heterocycles. The van der Waals surface area contributed by atoms with E-state index in [9.17, 15) is 5.26 Å². The van der Waals surface area contributed by atoms with Gasteiger partial charge >= 0.3 is 0 Å². The Hall–Kier alpha value is -2.50. The van der Waals surface area contributed by atoms with E-state index in [0.717, 1.165) is 76.1 Å². The van der Waals surface area contributed by atoms with Gasteiger partial charge in [0.15, 0.2) is 0 Å². The molecular weight excluding hydrogens is 352 g/mol. The monoisotopic (exact) mass is 380 g/mol. The van der Waals surface area contributed by atoms with Gasteiger partial charge in [-0.2, -0.15) is 5.26 Å². The molecule has 0 atom stereocenters. The molecule has 0 N–H and O–H groups in total. The van der Waals surface area contributed by atoms with Crippen LogP contribution in [-0.2, 0) is 13.6 Å². The smallest absolute Gasteiger partial charge is 0.146 e. The Morgan fingerprint density at radius 2 is 1.82 bits per heavy atom. The van der Waals surface area contributed by atoms with Crippen molar-refractivity contribution in [1.82, 2.24) is 29.5 Å². The van der Waals surface area contributed by atoms with E-state index in [-0.39, 0.29) is 0 Å². The maximum Gasteiger partial charge on any atom is 0.146 e. The van der Waals surface area contributed by atoms with Crippen LogP contribution in [0.5, 0.6) is 0 Å². The molecule has 2 aliphatic rings. The molecule has 0 unspecified atom stereocenters. The van der Waals surface area contributed by atoms with Crippen molar-refractivity contribution in [1.29, 1.82) is 5.26 Å². The van der Waals surface area contributed by atoms with Gasteiger partial charge in [0, 0.05) is 58.4 Å². The largest absolute Gasteiger partial charge is 0.355 e. The molecule has 0 saturated carbocycles. The van der Waals surface area contributed by atoms with Crippen LogP contribution < -0.4 is 4.90 Å². The van der Waals surface area contributed by atoms with E-state index in [2.05, 4.69) is 54.6 Å². The molecule has 0 amide bonds. The summed E-state index contributed by atoms with van der Waals surface area (Å²) < 4.78 is 2.19. The van der Waals surface area contributed by atoms with Gasteiger partial charge in [0.2, 0.25) is 0 Å². The van der Waals surface area contributed by atoms with Gasteiger partial charge in [-0.25, -0.2) is 4.98 Å². The van der Waals surface area contributed by atoms with Crippen molar-refractivity contribution in [3.8, 4) is 6.07 Å². The summed E-state index contributed by atoms with van der Waals surface area (Å²) in [6, 6.07) is 5.90. The molecule has 2 aromatic heterocycles. The van der Waals surface area contributed by atoms with Crippen LogP contribution in [0.1, 0.15) is 36.0 Å². The first-order valence-electron chi connectivity index (χ1n) is 10.0. The first kappa shape index (κ1) is 18.8. The Balaban J connectivity index is 1.39. The summed E-state index contributed by atoms with van der Waals surface area (Å²) in [6.45, 7) is 7.04. The summed E-state index contributed by atoms with van der Waals surface area (Å²) in [7, 11) is 4.27. The molecule has 2 fully saturated rings. The van der Waals surface area contributed by atoms with Crippen molar-refractivity contribution in [3.05, 3.63) is 35.5 Å². The SMILES string of the molecule is CN1CCN(Cc2nnc(C3CCN(c4ncccc4C#N)CC3)n2C)CC1. The summed E-state index contributed by atoms with van der Waals surface area (Å²) in [5.74, 6) is 3.35. The van der Waals surface area contributed by atoms with Crippen LogP contribution in [0.4, 0.5) is 5.82 Å². The second-order valence-corrected chi connectivity index (χ2v) is 7.86. The van der Waals surface area contributed by atoms with Gasteiger partial charge in [-0.3, -0.25) is 4.90 Å². The molecule has 0 radical (unpaired) electrons. The number of aromatic nitrogens is 4. The van der Waals surface area contributed by atoms with Gasteiger partial charge in [0.05, 0.1) is 12.1 Å². The van der Waals surface area contributed by atoms with Crippen LogP contribution >= 0.6 is 0 Å². The fraction of sp³-hybridized carbons (Fsp3) is 0.600. The van der Waals surface area contributed by atoms with Crippen LogP contribution in [-0.4, -0.2) is 75.9 Å². The van der Waals surface area contributed by atoms with Gasteiger partial charge in [0.1, 0.15) is 23.5 Å². The second-order valence-electron chi connectivity index (χ2n) is 7.86. The van der Waals surface area contributed by atoms with Crippen LogP contribution in [0.2, 0.25) is 0 Å². The Morgan fingerprint density at radius 3 is 2.54 bits per heavy atom. The Labute approximate surface area is 166 Å². The molecule has 148 valence electrons. The van der Waals surface area contributed by atoms with Crippen LogP contribution in [0.25, 0.3) is 0 Å². The molecule has 0 aliphatic carbocycles. The first-order chi connectivity index (χ1) is 13.7. The van der Waals surface area contributed by atoms with Gasteiger partial charge in [-0.05, 0) is 32.0 Å². The summed E-state index contributed by atoms with van der Waals surface area (Å²) >= 11 is 0. The third-order valence-electron chi connectivity index (χ3n) is 6.03. The topological polar surface area (TPSA) is 77.1 Å². The number of likely N-dealkylation sites (N-methyl/N-ethyl adjacent to an activating group) is 1. The summed E-state index contributed by atoms with van der Waals surface area (Å²) in [5.41, 5.74) is 0.647. The number of nitrogens with zero attached hydrogens (tertiary/aromatic N) is 8. The van der Waals surface area contributed by atoms with Gasteiger partial charge < -0.3 is 14.4 Å². The van der Waals surface area contributed by atoms with Crippen molar-refractivity contribution in [2.45, 2.75) is 25.3 Å². The van der Waals surface area contributed by atoms with Crippen LogP contribution in [0.3, 0.4) is 0 Å². The van der Waals surface area contributed by atoms with Crippen LogP contribution in [0, 0.1) is 11.3 Å².